The van der Waals surface area contributed by atoms with Gasteiger partial charge < -0.3 is 4.98 Å². The van der Waals surface area contributed by atoms with E-state index in [0.29, 0.717) is 6.04 Å². The van der Waals surface area contributed by atoms with Gasteiger partial charge in [-0.2, -0.15) is 0 Å². The van der Waals surface area contributed by atoms with Gasteiger partial charge >= 0.3 is 0 Å². The highest BCUT2D eigenvalue weighted by atomic mass is 35.5. The number of halogens is 1. The summed E-state index contributed by atoms with van der Waals surface area (Å²) in [6.07, 6.45) is 8.23. The van der Waals surface area contributed by atoms with Crippen LogP contribution in [0.3, 0.4) is 0 Å². The van der Waals surface area contributed by atoms with Gasteiger partial charge in [-0.25, -0.2) is 5.48 Å². The average Bonchev–Trinajstić information content (AvgIpc) is 3.33. The molecule has 1 unspecified atom stereocenters. The number of aromatic nitrogens is 1. The highest BCUT2D eigenvalue weighted by Gasteiger charge is 2.25. The molecule has 150 valence electrons. The maximum absolute atomic E-state index is 11.2. The molecule has 1 heterocycles. The number of amides is 1. The molecule has 0 radical (unpaired) electrons. The van der Waals surface area contributed by atoms with Crippen LogP contribution in [0.5, 0.6) is 0 Å². The molecule has 1 aliphatic rings. The van der Waals surface area contributed by atoms with Crippen LogP contribution in [0, 0.1) is 0 Å². The van der Waals surface area contributed by atoms with Gasteiger partial charge in [-0.15, -0.1) is 0 Å². The number of hydrogen-bond donors (Lipinski definition) is 3. The molecule has 3 aromatic rings. The zero-order valence-corrected chi connectivity index (χ0v) is 17.0. The van der Waals surface area contributed by atoms with Crippen LogP contribution >= 0.6 is 11.6 Å². The average molecular weight is 410 g/mol. The Morgan fingerprint density at radius 1 is 1.34 bits per heavy atom. The number of benzene rings is 2. The van der Waals surface area contributed by atoms with Crippen LogP contribution in [-0.2, 0) is 17.6 Å². The molecule has 1 aliphatic carbocycles. The molecule has 4 rings (SSSR count). The van der Waals surface area contributed by atoms with Crippen molar-refractivity contribution in [2.45, 2.75) is 25.3 Å². The number of hydrogen-bond acceptors (Lipinski definition) is 3. The molecule has 1 aromatic heterocycles. The first kappa shape index (κ1) is 19.7. The van der Waals surface area contributed by atoms with E-state index in [1.165, 1.54) is 28.2 Å². The summed E-state index contributed by atoms with van der Waals surface area (Å²) in [7, 11) is 2.19. The zero-order valence-electron chi connectivity index (χ0n) is 16.3. The monoisotopic (exact) mass is 409 g/mol. The van der Waals surface area contributed by atoms with E-state index in [-0.39, 0.29) is 0 Å². The Hall–Kier alpha value is -2.60. The normalized spacial score (nSPS) is 16.1. The maximum atomic E-state index is 11.2. The summed E-state index contributed by atoms with van der Waals surface area (Å²) in [5, 5.41) is 10.6. The largest absolute Gasteiger partial charge is 0.361 e. The first-order chi connectivity index (χ1) is 14.0. The molecule has 0 bridgehead atoms. The quantitative estimate of drug-likeness (QED) is 0.319. The molecule has 3 N–H and O–H groups in total. The highest BCUT2D eigenvalue weighted by molar-refractivity contribution is 6.31. The van der Waals surface area contributed by atoms with Crippen LogP contribution in [0.2, 0.25) is 5.02 Å². The van der Waals surface area contributed by atoms with E-state index in [4.69, 9.17) is 16.8 Å². The fourth-order valence-electron chi connectivity index (χ4n) is 4.20. The number of nitrogens with zero attached hydrogens (tertiary/aromatic N) is 1. The lowest BCUT2D eigenvalue weighted by Crippen LogP contribution is -2.25. The minimum Gasteiger partial charge on any atom is -0.361 e. The third-order valence-corrected chi connectivity index (χ3v) is 5.98. The van der Waals surface area contributed by atoms with Gasteiger partial charge in [0.05, 0.1) is 0 Å². The Labute approximate surface area is 174 Å². The van der Waals surface area contributed by atoms with Crippen molar-refractivity contribution in [3.63, 3.8) is 0 Å². The molecule has 6 heteroatoms. The molecular weight excluding hydrogens is 386 g/mol. The summed E-state index contributed by atoms with van der Waals surface area (Å²) < 4.78 is 0. The predicted molar refractivity (Wildman–Crippen MR) is 116 cm³/mol. The van der Waals surface area contributed by atoms with Crippen molar-refractivity contribution < 1.29 is 10.0 Å². The number of H-pyrrole nitrogens is 1. The third kappa shape index (κ3) is 4.22. The van der Waals surface area contributed by atoms with Crippen molar-refractivity contribution >= 4 is 34.5 Å². The van der Waals surface area contributed by atoms with Crippen molar-refractivity contribution in [2.75, 3.05) is 13.6 Å². The number of carbonyl (C=O) groups is 1. The van der Waals surface area contributed by atoms with Crippen LogP contribution in [0.25, 0.3) is 17.0 Å². The second-order valence-corrected chi connectivity index (χ2v) is 7.99. The highest BCUT2D eigenvalue weighted by Crippen LogP contribution is 2.36. The van der Waals surface area contributed by atoms with Crippen LogP contribution < -0.4 is 5.48 Å². The Kier molecular flexibility index (Phi) is 5.72. The van der Waals surface area contributed by atoms with Gasteiger partial charge in [0.15, 0.2) is 0 Å². The second kappa shape index (κ2) is 8.41. The molecule has 0 saturated carbocycles. The number of rotatable bonds is 6. The van der Waals surface area contributed by atoms with Crippen LogP contribution in [0.15, 0.2) is 48.7 Å². The van der Waals surface area contributed by atoms with Crippen molar-refractivity contribution in [3.8, 4) is 0 Å². The standard InChI is InChI=1S/C23H24ClN3O2/c1-27(11-10-17-14-25-21-13-18(24)5-7-19(17)21)22-8-4-16-12-15(2-6-20(16)22)3-9-23(28)26-29/h2-3,5-7,9,12-14,22,25,29H,4,8,10-11H2,1H3,(H,26,28). The molecule has 1 amide bonds. The van der Waals surface area contributed by atoms with Crippen LogP contribution in [0.1, 0.15) is 34.7 Å². The van der Waals surface area contributed by atoms with Crippen molar-refractivity contribution in [1.29, 1.82) is 0 Å². The molecule has 29 heavy (non-hydrogen) atoms. The van der Waals surface area contributed by atoms with E-state index in [1.807, 2.05) is 18.2 Å². The van der Waals surface area contributed by atoms with E-state index < -0.39 is 5.91 Å². The van der Waals surface area contributed by atoms with E-state index in [2.05, 4.69) is 41.3 Å². The Morgan fingerprint density at radius 2 is 2.21 bits per heavy atom. The lowest BCUT2D eigenvalue weighted by molar-refractivity contribution is -0.124. The topological polar surface area (TPSA) is 68.4 Å². The van der Waals surface area contributed by atoms with Gasteiger partial charge in [0.1, 0.15) is 0 Å². The SMILES string of the molecule is CN(CCc1c[nH]c2cc(Cl)ccc12)C1CCc2cc(C=CC(=O)NO)ccc21. The number of aryl methyl sites for hydroxylation is 1. The predicted octanol–water partition coefficient (Wildman–Crippen LogP) is 4.50. The van der Waals surface area contributed by atoms with Crippen molar-refractivity contribution in [1.82, 2.24) is 15.4 Å². The number of fused-ring (bicyclic) bond motifs is 2. The van der Waals surface area contributed by atoms with Crippen LogP contribution in [0.4, 0.5) is 0 Å². The first-order valence-corrected chi connectivity index (χ1v) is 10.1. The Bertz CT molecular complexity index is 1070. The van der Waals surface area contributed by atoms with Gasteiger partial charge in [-0.3, -0.25) is 14.9 Å². The van der Waals surface area contributed by atoms with Crippen molar-refractivity contribution in [3.05, 3.63) is 75.9 Å². The van der Waals surface area contributed by atoms with Gasteiger partial charge in [0, 0.05) is 40.8 Å². The third-order valence-electron chi connectivity index (χ3n) is 5.75. The summed E-state index contributed by atoms with van der Waals surface area (Å²) in [4.78, 5) is 16.9. The Balaban J connectivity index is 1.43. The number of likely N-dealkylation sites (N-methyl/N-ethyl adjacent to an activating group) is 1. The number of nitrogens with one attached hydrogen (secondary N) is 2. The summed E-state index contributed by atoms with van der Waals surface area (Å²) in [5.74, 6) is -0.525. The zero-order chi connectivity index (χ0) is 20.4. The minimum atomic E-state index is -0.525. The van der Waals surface area contributed by atoms with Gasteiger partial charge in [0.25, 0.3) is 5.91 Å². The molecule has 0 saturated heterocycles. The first-order valence-electron chi connectivity index (χ1n) is 9.76. The summed E-state index contributed by atoms with van der Waals surface area (Å²) in [5.41, 5.74) is 7.66. The number of aromatic amines is 1. The summed E-state index contributed by atoms with van der Waals surface area (Å²) in [6.45, 7) is 0.970. The van der Waals surface area contributed by atoms with E-state index in [1.54, 1.807) is 11.6 Å². The molecular formula is C23H24ClN3O2. The molecule has 1 atom stereocenters. The lowest BCUT2D eigenvalue weighted by Gasteiger charge is -2.25. The molecule has 0 aliphatic heterocycles. The van der Waals surface area contributed by atoms with E-state index in [9.17, 15) is 4.79 Å². The van der Waals surface area contributed by atoms with Gasteiger partial charge in [-0.1, -0.05) is 35.9 Å². The van der Waals surface area contributed by atoms with Gasteiger partial charge in [-0.05, 0) is 66.8 Å². The fourth-order valence-corrected chi connectivity index (χ4v) is 4.38. The molecule has 2 aromatic carbocycles. The number of carbonyl (C=O) groups excluding carboxylic acids is 1. The Morgan fingerprint density at radius 3 is 3.03 bits per heavy atom. The summed E-state index contributed by atoms with van der Waals surface area (Å²) in [6, 6.07) is 12.7. The summed E-state index contributed by atoms with van der Waals surface area (Å²) >= 11 is 6.08. The number of hydroxylamine groups is 1. The van der Waals surface area contributed by atoms with Crippen LogP contribution in [-0.4, -0.2) is 34.6 Å². The lowest BCUT2D eigenvalue weighted by atomic mass is 10.0. The van der Waals surface area contributed by atoms with E-state index >= 15 is 0 Å². The second-order valence-electron chi connectivity index (χ2n) is 7.56. The maximum Gasteiger partial charge on any atom is 0.267 e. The smallest absolute Gasteiger partial charge is 0.267 e. The fraction of sp³-hybridized carbons (Fsp3) is 0.261. The minimum absolute atomic E-state index is 0.406. The molecule has 5 nitrogen and oxygen atoms in total. The molecule has 0 spiro atoms. The van der Waals surface area contributed by atoms with E-state index in [0.717, 1.165) is 41.9 Å². The van der Waals surface area contributed by atoms with Crippen molar-refractivity contribution in [2.24, 2.45) is 0 Å². The van der Waals surface area contributed by atoms with Gasteiger partial charge in [0.2, 0.25) is 0 Å². The molecule has 0 fully saturated rings.